The van der Waals surface area contributed by atoms with Gasteiger partial charge >= 0.3 is 6.18 Å². The fraction of sp³-hybridized carbons (Fsp3) is 0.412. The molecule has 0 aliphatic rings. The van der Waals surface area contributed by atoms with Crippen LogP contribution < -0.4 is 10.2 Å². The molecule has 0 bridgehead atoms. The van der Waals surface area contributed by atoms with Crippen LogP contribution in [0, 0.1) is 13.8 Å². The monoisotopic (exact) mass is 387 g/mol. The van der Waals surface area contributed by atoms with Crippen LogP contribution in [0.15, 0.2) is 23.6 Å². The van der Waals surface area contributed by atoms with Gasteiger partial charge < -0.3 is 15.3 Å². The van der Waals surface area contributed by atoms with Crippen molar-refractivity contribution in [3.8, 4) is 0 Å². The van der Waals surface area contributed by atoms with E-state index in [9.17, 15) is 23.1 Å². The van der Waals surface area contributed by atoms with Gasteiger partial charge in [-0.25, -0.2) is 4.98 Å². The van der Waals surface area contributed by atoms with E-state index in [0.717, 1.165) is 5.69 Å². The third kappa shape index (κ3) is 4.16. The molecule has 2 aromatic rings. The third-order valence-electron chi connectivity index (χ3n) is 3.86. The number of anilines is 2. The molecule has 1 unspecified atom stereocenters. The van der Waals surface area contributed by atoms with Gasteiger partial charge in [-0.05, 0) is 37.6 Å². The number of halogens is 3. The van der Waals surface area contributed by atoms with Gasteiger partial charge in [0, 0.05) is 36.5 Å². The molecule has 2 rings (SSSR count). The number of benzene rings is 1. The number of aliphatic hydroxyl groups is 1. The topological polar surface area (TPSA) is 65.5 Å². The summed E-state index contributed by atoms with van der Waals surface area (Å²) in [5.41, 5.74) is -0.993. The van der Waals surface area contributed by atoms with Gasteiger partial charge in [-0.15, -0.1) is 11.3 Å². The second kappa shape index (κ2) is 7.24. The molecule has 1 aromatic heterocycles. The predicted octanol–water partition coefficient (Wildman–Crippen LogP) is 3.60. The van der Waals surface area contributed by atoms with E-state index < -0.39 is 29.1 Å². The van der Waals surface area contributed by atoms with Gasteiger partial charge in [-0.1, -0.05) is 0 Å². The average molecular weight is 387 g/mol. The maximum absolute atomic E-state index is 13.5. The van der Waals surface area contributed by atoms with Crippen molar-refractivity contribution in [2.45, 2.75) is 32.0 Å². The standard InChI is InChI=1S/C17H20F3N3O2S/c1-10-7-12(23(3)4)5-6-13(10)22-14(24)8-16(25,17(18,19)20)15-21-11(2)9-26-15/h5-7,9,25H,8H2,1-4H3,(H,22,24). The number of aryl methyl sites for hydroxylation is 2. The smallest absolute Gasteiger partial charge is 0.378 e. The number of nitrogens with one attached hydrogen (secondary N) is 1. The molecule has 0 saturated heterocycles. The highest BCUT2D eigenvalue weighted by Gasteiger charge is 2.58. The third-order valence-corrected chi connectivity index (χ3v) is 4.97. The largest absolute Gasteiger partial charge is 0.424 e. The molecule has 1 atom stereocenters. The molecule has 2 N–H and O–H groups in total. The highest BCUT2D eigenvalue weighted by Crippen LogP contribution is 2.43. The highest BCUT2D eigenvalue weighted by atomic mass is 32.1. The number of carbonyl (C=O) groups is 1. The summed E-state index contributed by atoms with van der Waals surface area (Å²) in [6, 6.07) is 5.15. The molecule has 0 fully saturated rings. The summed E-state index contributed by atoms with van der Waals surface area (Å²) >= 11 is 0.673. The van der Waals surface area contributed by atoms with Crippen LogP contribution in [0.3, 0.4) is 0 Å². The first kappa shape index (κ1) is 20.2. The SMILES string of the molecule is Cc1csc(C(O)(CC(=O)Nc2ccc(N(C)C)cc2C)C(F)(F)F)n1. The van der Waals surface area contributed by atoms with Crippen molar-refractivity contribution in [3.63, 3.8) is 0 Å². The first-order valence-corrected chi connectivity index (χ1v) is 8.61. The molecular weight excluding hydrogens is 367 g/mol. The van der Waals surface area contributed by atoms with Gasteiger partial charge in [0.2, 0.25) is 11.5 Å². The van der Waals surface area contributed by atoms with Gasteiger partial charge in [0.1, 0.15) is 5.01 Å². The van der Waals surface area contributed by atoms with Crippen molar-refractivity contribution in [1.82, 2.24) is 4.98 Å². The minimum Gasteiger partial charge on any atom is -0.378 e. The molecule has 1 amide bonds. The van der Waals surface area contributed by atoms with Crippen LogP contribution in [0.4, 0.5) is 24.5 Å². The zero-order chi connectivity index (χ0) is 19.7. The van der Waals surface area contributed by atoms with Crippen molar-refractivity contribution in [1.29, 1.82) is 0 Å². The van der Waals surface area contributed by atoms with E-state index in [2.05, 4.69) is 10.3 Å². The van der Waals surface area contributed by atoms with E-state index in [4.69, 9.17) is 0 Å². The van der Waals surface area contributed by atoms with Crippen LogP contribution in [-0.4, -0.2) is 36.3 Å². The Morgan fingerprint density at radius 3 is 2.42 bits per heavy atom. The van der Waals surface area contributed by atoms with Crippen LogP contribution in [0.5, 0.6) is 0 Å². The molecule has 5 nitrogen and oxygen atoms in total. The van der Waals surface area contributed by atoms with E-state index in [1.807, 2.05) is 19.0 Å². The zero-order valence-corrected chi connectivity index (χ0v) is 15.6. The highest BCUT2D eigenvalue weighted by molar-refractivity contribution is 7.09. The minimum atomic E-state index is -5.03. The van der Waals surface area contributed by atoms with Crippen molar-refractivity contribution in [2.75, 3.05) is 24.3 Å². The molecule has 142 valence electrons. The Bertz CT molecular complexity index is 805. The van der Waals surface area contributed by atoms with Crippen LogP contribution in [0.1, 0.15) is 22.7 Å². The van der Waals surface area contributed by atoms with Crippen molar-refractivity contribution in [2.24, 2.45) is 0 Å². The van der Waals surface area contributed by atoms with Crippen molar-refractivity contribution >= 4 is 28.6 Å². The first-order chi connectivity index (χ1) is 11.9. The lowest BCUT2D eigenvalue weighted by Gasteiger charge is -2.28. The Hall–Kier alpha value is -2.13. The molecule has 0 radical (unpaired) electrons. The molecule has 26 heavy (non-hydrogen) atoms. The minimum absolute atomic E-state index is 0.350. The molecule has 0 aliphatic carbocycles. The Balaban J connectivity index is 2.23. The van der Waals surface area contributed by atoms with E-state index in [1.54, 1.807) is 25.1 Å². The maximum atomic E-state index is 13.5. The summed E-state index contributed by atoms with van der Waals surface area (Å²) in [4.78, 5) is 17.8. The average Bonchev–Trinajstić information content (AvgIpc) is 2.94. The number of hydrogen-bond donors (Lipinski definition) is 2. The summed E-state index contributed by atoms with van der Waals surface area (Å²) in [6.45, 7) is 3.26. The summed E-state index contributed by atoms with van der Waals surface area (Å²) in [5.74, 6) is -0.946. The number of aromatic nitrogens is 1. The van der Waals surface area contributed by atoms with Crippen molar-refractivity contribution < 1.29 is 23.1 Å². The van der Waals surface area contributed by atoms with Crippen LogP contribution >= 0.6 is 11.3 Å². The van der Waals surface area contributed by atoms with Crippen LogP contribution in [0.25, 0.3) is 0 Å². The number of thiazole rings is 1. The van der Waals surface area contributed by atoms with Crippen LogP contribution in [-0.2, 0) is 10.4 Å². The molecule has 1 heterocycles. The van der Waals surface area contributed by atoms with E-state index >= 15 is 0 Å². The molecule has 0 saturated carbocycles. The number of alkyl halides is 3. The quantitative estimate of drug-likeness (QED) is 0.823. The lowest BCUT2D eigenvalue weighted by molar-refractivity contribution is -0.266. The Kier molecular flexibility index (Phi) is 5.62. The van der Waals surface area contributed by atoms with E-state index in [0.29, 0.717) is 28.3 Å². The first-order valence-electron chi connectivity index (χ1n) is 7.73. The fourth-order valence-electron chi connectivity index (χ4n) is 2.33. The van der Waals surface area contributed by atoms with Crippen LogP contribution in [0.2, 0.25) is 0 Å². The van der Waals surface area contributed by atoms with E-state index in [-0.39, 0.29) is 0 Å². The molecule has 0 aliphatic heterocycles. The molecular formula is C17H20F3N3O2S. The van der Waals surface area contributed by atoms with Crippen molar-refractivity contribution in [3.05, 3.63) is 39.8 Å². The maximum Gasteiger partial charge on any atom is 0.424 e. The summed E-state index contributed by atoms with van der Waals surface area (Å²) < 4.78 is 40.4. The number of hydrogen-bond acceptors (Lipinski definition) is 5. The number of carbonyl (C=O) groups excluding carboxylic acids is 1. The summed E-state index contributed by atoms with van der Waals surface area (Å²) in [7, 11) is 3.71. The van der Waals surface area contributed by atoms with Gasteiger partial charge in [0.05, 0.1) is 6.42 Å². The predicted molar refractivity (Wildman–Crippen MR) is 95.6 cm³/mol. The van der Waals surface area contributed by atoms with Gasteiger partial charge in [-0.3, -0.25) is 4.79 Å². The second-order valence-corrected chi connectivity index (χ2v) is 7.13. The fourth-order valence-corrected chi connectivity index (χ4v) is 3.25. The lowest BCUT2D eigenvalue weighted by atomic mass is 9.99. The Labute approximate surface area is 153 Å². The summed E-state index contributed by atoms with van der Waals surface area (Å²) in [5, 5.41) is 13.5. The Morgan fingerprint density at radius 2 is 1.96 bits per heavy atom. The number of rotatable bonds is 5. The molecule has 1 aromatic carbocycles. The molecule has 0 spiro atoms. The van der Waals surface area contributed by atoms with Gasteiger partial charge in [-0.2, -0.15) is 13.2 Å². The lowest BCUT2D eigenvalue weighted by Crippen LogP contribution is -2.45. The van der Waals surface area contributed by atoms with Gasteiger partial charge in [0.15, 0.2) is 0 Å². The second-order valence-electron chi connectivity index (χ2n) is 6.27. The zero-order valence-electron chi connectivity index (χ0n) is 14.8. The molecule has 9 heteroatoms. The number of nitrogens with zero attached hydrogens (tertiary/aromatic N) is 2. The van der Waals surface area contributed by atoms with E-state index in [1.165, 1.54) is 12.3 Å². The van der Waals surface area contributed by atoms with Gasteiger partial charge in [0.25, 0.3) is 0 Å². The normalized spacial score (nSPS) is 14.0. The number of amides is 1. The Morgan fingerprint density at radius 1 is 1.31 bits per heavy atom. The summed E-state index contributed by atoms with van der Waals surface area (Å²) in [6.07, 6.45) is -6.20.